The molecule has 0 atom stereocenters. The van der Waals surface area contributed by atoms with Crippen LogP contribution in [-0.4, -0.2) is 0 Å². The summed E-state index contributed by atoms with van der Waals surface area (Å²) in [4.78, 5) is 0. The number of rotatable bonds is 3. The molecule has 0 unspecified atom stereocenters. The van der Waals surface area contributed by atoms with Gasteiger partial charge in [0.2, 0.25) is 0 Å². The molecule has 7 heteroatoms. The van der Waals surface area contributed by atoms with Crippen LogP contribution in [0.15, 0.2) is 36.4 Å². The van der Waals surface area contributed by atoms with Crippen molar-refractivity contribution in [2.45, 2.75) is 12.7 Å². The van der Waals surface area contributed by atoms with Crippen molar-refractivity contribution < 1.29 is 26.3 Å². The van der Waals surface area contributed by atoms with Gasteiger partial charge in [0.25, 0.3) is 0 Å². The summed E-state index contributed by atoms with van der Waals surface area (Å²) in [6.45, 7) is -0.230. The molecule has 0 spiro atoms. The van der Waals surface area contributed by atoms with Crippen molar-refractivity contribution in [3.63, 3.8) is 0 Å². The maximum absolute atomic E-state index is 13.4. The first-order valence-corrected chi connectivity index (χ1v) is 5.82. The van der Waals surface area contributed by atoms with Gasteiger partial charge in [-0.25, -0.2) is 13.2 Å². The standard InChI is InChI=1S/C14H9F6N/c15-11-5-4-9(6-10(11)14(18,19)20)21-7-8-2-1-3-12(16)13(8)17/h1-6,21H,7H2. The van der Waals surface area contributed by atoms with Crippen LogP contribution in [0.4, 0.5) is 32.0 Å². The van der Waals surface area contributed by atoms with Gasteiger partial charge in [0, 0.05) is 17.8 Å². The van der Waals surface area contributed by atoms with Gasteiger partial charge in [0.15, 0.2) is 11.6 Å². The molecule has 0 aromatic heterocycles. The van der Waals surface area contributed by atoms with E-state index in [2.05, 4.69) is 5.32 Å². The predicted octanol–water partition coefficient (Wildman–Crippen LogP) is 4.73. The first-order valence-electron chi connectivity index (χ1n) is 5.82. The van der Waals surface area contributed by atoms with Gasteiger partial charge in [-0.1, -0.05) is 12.1 Å². The number of anilines is 1. The minimum Gasteiger partial charge on any atom is -0.381 e. The van der Waals surface area contributed by atoms with E-state index in [4.69, 9.17) is 0 Å². The summed E-state index contributed by atoms with van der Waals surface area (Å²) in [6.07, 6.45) is -4.83. The molecule has 0 bridgehead atoms. The van der Waals surface area contributed by atoms with E-state index in [-0.39, 0.29) is 17.8 Å². The smallest absolute Gasteiger partial charge is 0.381 e. The van der Waals surface area contributed by atoms with Crippen LogP contribution < -0.4 is 5.32 Å². The Hall–Kier alpha value is -2.18. The highest BCUT2D eigenvalue weighted by Gasteiger charge is 2.34. The molecule has 0 aliphatic carbocycles. The third-order valence-electron chi connectivity index (χ3n) is 2.79. The van der Waals surface area contributed by atoms with Crippen LogP contribution in [0.25, 0.3) is 0 Å². The number of alkyl halides is 3. The van der Waals surface area contributed by atoms with Crippen molar-refractivity contribution in [1.29, 1.82) is 0 Å². The molecule has 0 heterocycles. The quantitative estimate of drug-likeness (QED) is 0.808. The summed E-state index contributed by atoms with van der Waals surface area (Å²) in [5.41, 5.74) is -1.52. The molecule has 2 aromatic carbocycles. The molecule has 0 aliphatic rings. The average Bonchev–Trinajstić information content (AvgIpc) is 2.40. The second-order valence-electron chi connectivity index (χ2n) is 4.26. The molecule has 2 rings (SSSR count). The largest absolute Gasteiger partial charge is 0.419 e. The Morgan fingerprint density at radius 1 is 0.905 bits per heavy atom. The van der Waals surface area contributed by atoms with Crippen molar-refractivity contribution >= 4 is 5.69 Å². The summed E-state index contributed by atoms with van der Waals surface area (Å²) in [5.74, 6) is -3.53. The van der Waals surface area contributed by atoms with E-state index < -0.39 is 29.2 Å². The van der Waals surface area contributed by atoms with Gasteiger partial charge in [0.05, 0.1) is 5.56 Å². The van der Waals surface area contributed by atoms with E-state index in [0.717, 1.165) is 12.1 Å². The van der Waals surface area contributed by atoms with Crippen LogP contribution in [0.3, 0.4) is 0 Å². The van der Waals surface area contributed by atoms with Crippen molar-refractivity contribution in [2.24, 2.45) is 0 Å². The van der Waals surface area contributed by atoms with Gasteiger partial charge in [0.1, 0.15) is 5.82 Å². The fraction of sp³-hybridized carbons (Fsp3) is 0.143. The minimum atomic E-state index is -4.83. The lowest BCUT2D eigenvalue weighted by molar-refractivity contribution is -0.139. The van der Waals surface area contributed by atoms with E-state index in [1.807, 2.05) is 0 Å². The molecule has 0 saturated heterocycles. The molecule has 21 heavy (non-hydrogen) atoms. The second-order valence-corrected chi connectivity index (χ2v) is 4.26. The molecule has 0 aliphatic heterocycles. The van der Waals surface area contributed by atoms with E-state index in [1.54, 1.807) is 0 Å². The maximum atomic E-state index is 13.4. The third kappa shape index (κ3) is 3.48. The number of benzene rings is 2. The Kier molecular flexibility index (Phi) is 4.11. The molecule has 0 amide bonds. The molecule has 0 radical (unpaired) electrons. The van der Waals surface area contributed by atoms with E-state index in [1.165, 1.54) is 12.1 Å². The van der Waals surface area contributed by atoms with Gasteiger partial charge >= 0.3 is 6.18 Å². The van der Waals surface area contributed by atoms with Crippen LogP contribution in [0.1, 0.15) is 11.1 Å². The lowest BCUT2D eigenvalue weighted by atomic mass is 10.1. The Morgan fingerprint density at radius 2 is 1.62 bits per heavy atom. The fourth-order valence-electron chi connectivity index (χ4n) is 1.73. The monoisotopic (exact) mass is 305 g/mol. The molecule has 112 valence electrons. The zero-order valence-electron chi connectivity index (χ0n) is 10.4. The fourth-order valence-corrected chi connectivity index (χ4v) is 1.73. The number of halogens is 6. The van der Waals surface area contributed by atoms with Gasteiger partial charge in [-0.3, -0.25) is 0 Å². The topological polar surface area (TPSA) is 12.0 Å². The molecule has 0 saturated carbocycles. The highest BCUT2D eigenvalue weighted by Crippen LogP contribution is 2.33. The van der Waals surface area contributed by atoms with Crippen LogP contribution in [0, 0.1) is 17.5 Å². The Bertz CT molecular complexity index is 650. The highest BCUT2D eigenvalue weighted by atomic mass is 19.4. The minimum absolute atomic E-state index is 0.0483. The highest BCUT2D eigenvalue weighted by molar-refractivity contribution is 5.47. The Balaban J connectivity index is 2.19. The molecular formula is C14H9F6N. The Labute approximate surface area is 116 Å². The van der Waals surface area contributed by atoms with Crippen LogP contribution in [-0.2, 0) is 12.7 Å². The molecule has 2 aromatic rings. The summed E-state index contributed by atoms with van der Waals surface area (Å²) < 4.78 is 77.0. The normalized spacial score (nSPS) is 11.5. The van der Waals surface area contributed by atoms with Crippen molar-refractivity contribution in [3.05, 3.63) is 65.0 Å². The Morgan fingerprint density at radius 3 is 2.29 bits per heavy atom. The third-order valence-corrected chi connectivity index (χ3v) is 2.79. The SMILES string of the molecule is Fc1ccc(NCc2cccc(F)c2F)cc1C(F)(F)F. The number of hydrogen-bond donors (Lipinski definition) is 1. The number of hydrogen-bond acceptors (Lipinski definition) is 1. The van der Waals surface area contributed by atoms with Crippen LogP contribution in [0.5, 0.6) is 0 Å². The van der Waals surface area contributed by atoms with Gasteiger partial charge < -0.3 is 5.32 Å². The van der Waals surface area contributed by atoms with Crippen LogP contribution >= 0.6 is 0 Å². The molecular weight excluding hydrogens is 296 g/mol. The second kappa shape index (κ2) is 5.67. The average molecular weight is 305 g/mol. The van der Waals surface area contributed by atoms with Gasteiger partial charge in [-0.15, -0.1) is 0 Å². The first kappa shape index (κ1) is 15.2. The van der Waals surface area contributed by atoms with Crippen molar-refractivity contribution in [3.8, 4) is 0 Å². The lowest BCUT2D eigenvalue weighted by Gasteiger charge is -2.12. The number of nitrogens with one attached hydrogen (secondary N) is 1. The van der Waals surface area contributed by atoms with E-state index in [9.17, 15) is 26.3 Å². The predicted molar refractivity (Wildman–Crippen MR) is 65.1 cm³/mol. The zero-order valence-corrected chi connectivity index (χ0v) is 10.4. The molecule has 0 fully saturated rings. The van der Waals surface area contributed by atoms with Crippen molar-refractivity contribution in [2.75, 3.05) is 5.32 Å². The summed E-state index contributed by atoms with van der Waals surface area (Å²) in [5, 5.41) is 2.50. The van der Waals surface area contributed by atoms with E-state index in [0.29, 0.717) is 12.1 Å². The summed E-state index contributed by atoms with van der Waals surface area (Å²) in [6, 6.07) is 5.82. The molecule has 1 nitrogen and oxygen atoms in total. The van der Waals surface area contributed by atoms with Crippen LogP contribution in [0.2, 0.25) is 0 Å². The van der Waals surface area contributed by atoms with Gasteiger partial charge in [-0.05, 0) is 24.3 Å². The summed E-state index contributed by atoms with van der Waals surface area (Å²) >= 11 is 0. The van der Waals surface area contributed by atoms with Gasteiger partial charge in [-0.2, -0.15) is 13.2 Å². The lowest BCUT2D eigenvalue weighted by Crippen LogP contribution is -2.10. The summed E-state index contributed by atoms with van der Waals surface area (Å²) in [7, 11) is 0. The molecule has 1 N–H and O–H groups in total. The maximum Gasteiger partial charge on any atom is 0.419 e. The van der Waals surface area contributed by atoms with E-state index >= 15 is 0 Å². The van der Waals surface area contributed by atoms with Crippen molar-refractivity contribution in [1.82, 2.24) is 0 Å². The first-order chi connectivity index (χ1) is 9.79. The zero-order chi connectivity index (χ0) is 15.6.